The van der Waals surface area contributed by atoms with E-state index < -0.39 is 15.8 Å². The van der Waals surface area contributed by atoms with Crippen LogP contribution in [0.5, 0.6) is 0 Å². The lowest BCUT2D eigenvalue weighted by atomic mass is 10.0. The largest absolute Gasteiger partial charge is 0.0616 e. The third kappa shape index (κ3) is 6.01. The summed E-state index contributed by atoms with van der Waals surface area (Å²) in [7, 11) is -1.14. The molecule has 1 fully saturated rings. The van der Waals surface area contributed by atoms with Crippen molar-refractivity contribution in [1.29, 1.82) is 0 Å². The van der Waals surface area contributed by atoms with Crippen molar-refractivity contribution in [2.24, 2.45) is 5.92 Å². The van der Waals surface area contributed by atoms with Gasteiger partial charge in [-0.15, -0.1) is 0 Å². The fraction of sp³-hybridized carbons (Fsp3) is 0.256. The average Bonchev–Trinajstić information content (AvgIpc) is 3.50. The quantitative estimate of drug-likeness (QED) is 0.155. The minimum atomic E-state index is -0.600. The van der Waals surface area contributed by atoms with E-state index >= 15 is 0 Å². The maximum atomic E-state index is 2.61. The summed E-state index contributed by atoms with van der Waals surface area (Å²) in [5, 5.41) is 11.8. The number of hydrogen-bond donors (Lipinski definition) is 0. The van der Waals surface area contributed by atoms with E-state index in [0.29, 0.717) is 17.2 Å². The Balaban J connectivity index is 1.41. The van der Waals surface area contributed by atoms with Crippen LogP contribution in [0.3, 0.4) is 0 Å². The first-order valence-corrected chi connectivity index (χ1v) is 19.4. The lowest BCUT2D eigenvalue weighted by molar-refractivity contribution is 0.549. The summed E-state index contributed by atoms with van der Waals surface area (Å²) in [6.07, 6.45) is 3.93. The summed E-state index contributed by atoms with van der Waals surface area (Å²) < 4.78 is 0. The van der Waals surface area contributed by atoms with E-state index in [-0.39, 0.29) is 0 Å². The molecule has 0 N–H and O–H groups in total. The Morgan fingerprint density at radius 3 is 1.47 bits per heavy atom. The van der Waals surface area contributed by atoms with Crippen molar-refractivity contribution in [3.05, 3.63) is 144 Å². The molecular weight excluding hydrogens is 578 g/mol. The second-order valence-electron chi connectivity index (χ2n) is 13.3. The number of rotatable bonds is 7. The highest BCUT2D eigenvalue weighted by atomic mass is 31.1. The summed E-state index contributed by atoms with van der Waals surface area (Å²) in [4.78, 5) is 0. The second kappa shape index (κ2) is 12.8. The third-order valence-electron chi connectivity index (χ3n) is 9.91. The minimum absolute atomic E-state index is 0.536. The fourth-order valence-corrected chi connectivity index (χ4v) is 15.3. The zero-order valence-corrected chi connectivity index (χ0v) is 29.1. The molecule has 6 aromatic carbocycles. The minimum Gasteiger partial charge on any atom is -0.0616 e. The Morgan fingerprint density at radius 2 is 0.978 bits per heavy atom. The Kier molecular flexibility index (Phi) is 8.66. The monoisotopic (exact) mass is 622 g/mol. The number of fused-ring (bicyclic) bond motifs is 2. The van der Waals surface area contributed by atoms with Crippen LogP contribution in [0.4, 0.5) is 0 Å². The molecule has 0 aliphatic heterocycles. The maximum Gasteiger partial charge on any atom is -0.00939 e. The molecule has 0 aromatic heterocycles. The van der Waals surface area contributed by atoms with E-state index in [4.69, 9.17) is 0 Å². The molecule has 6 aromatic rings. The average molecular weight is 623 g/mol. The highest BCUT2D eigenvalue weighted by Gasteiger charge is 2.42. The van der Waals surface area contributed by atoms with Crippen LogP contribution >= 0.6 is 15.8 Å². The Morgan fingerprint density at radius 1 is 0.533 bits per heavy atom. The van der Waals surface area contributed by atoms with Crippen molar-refractivity contribution in [2.45, 2.75) is 65.2 Å². The Bertz CT molecular complexity index is 1810. The van der Waals surface area contributed by atoms with Crippen LogP contribution in [0.1, 0.15) is 48.4 Å². The molecule has 226 valence electrons. The Labute approximate surface area is 272 Å². The molecule has 0 amide bonds. The van der Waals surface area contributed by atoms with Gasteiger partial charge in [0.25, 0.3) is 0 Å². The van der Waals surface area contributed by atoms with Gasteiger partial charge in [0.1, 0.15) is 0 Å². The van der Waals surface area contributed by atoms with Gasteiger partial charge in [0.05, 0.1) is 0 Å². The lowest BCUT2D eigenvalue weighted by Crippen LogP contribution is -2.33. The molecule has 7 rings (SSSR count). The standard InChI is InChI=1S/C43H44P2/c1-29-23-30(2)26-36(25-29)44(37-27-31(3)24-32(4)28-37)33(5)38-19-12-22-41(38)45(42-20-10-15-34-13-6-8-17-39(34)42)43-21-11-16-35-14-7-9-18-40(35)43/h6-11,13-18,20-21,23-28,33,38,41H,12,19,22H2,1-5H3/t33?,38?,41-/m1/s1. The smallest absolute Gasteiger partial charge is 0.00939 e. The Hall–Kier alpha value is -3.30. The topological polar surface area (TPSA) is 0 Å². The second-order valence-corrected chi connectivity index (χ2v) is 18.3. The molecule has 3 atom stereocenters. The molecule has 1 aliphatic rings. The van der Waals surface area contributed by atoms with Crippen molar-refractivity contribution in [3.63, 3.8) is 0 Å². The number of aryl methyl sites for hydroxylation is 4. The van der Waals surface area contributed by atoms with E-state index in [0.717, 1.165) is 0 Å². The van der Waals surface area contributed by atoms with Gasteiger partial charge >= 0.3 is 0 Å². The van der Waals surface area contributed by atoms with Crippen molar-refractivity contribution >= 4 is 58.6 Å². The van der Waals surface area contributed by atoms with Gasteiger partial charge in [0, 0.05) is 0 Å². The molecule has 45 heavy (non-hydrogen) atoms. The van der Waals surface area contributed by atoms with Crippen LogP contribution in [-0.2, 0) is 0 Å². The van der Waals surface area contributed by atoms with Gasteiger partial charge in [-0.1, -0.05) is 157 Å². The van der Waals surface area contributed by atoms with Crippen LogP contribution in [-0.4, -0.2) is 11.3 Å². The number of benzene rings is 6. The van der Waals surface area contributed by atoms with Crippen LogP contribution in [0.25, 0.3) is 21.5 Å². The SMILES string of the molecule is Cc1cc(C)cc(P(c2cc(C)cc(C)c2)C(C)C2CCC[C@H]2P(c2cccc3ccccc23)c2cccc3ccccc23)c1. The van der Waals surface area contributed by atoms with Gasteiger partial charge in [-0.3, -0.25) is 0 Å². The van der Waals surface area contributed by atoms with Crippen molar-refractivity contribution in [3.8, 4) is 0 Å². The zero-order chi connectivity index (χ0) is 31.1. The van der Waals surface area contributed by atoms with Crippen LogP contribution in [0, 0.1) is 33.6 Å². The predicted molar refractivity (Wildman–Crippen MR) is 203 cm³/mol. The molecule has 0 heterocycles. The molecule has 1 aliphatic carbocycles. The summed E-state index contributed by atoms with van der Waals surface area (Å²) in [5.41, 5.74) is 6.73. The highest BCUT2D eigenvalue weighted by molar-refractivity contribution is 7.75. The first-order valence-electron chi connectivity index (χ1n) is 16.6. The third-order valence-corrected chi connectivity index (χ3v) is 15.9. The molecule has 2 heteroatoms. The van der Waals surface area contributed by atoms with E-state index in [9.17, 15) is 0 Å². The number of hydrogen-bond acceptors (Lipinski definition) is 0. The van der Waals surface area contributed by atoms with E-state index in [1.807, 2.05) is 0 Å². The summed E-state index contributed by atoms with van der Waals surface area (Å²) in [6.45, 7) is 11.7. The highest BCUT2D eigenvalue weighted by Crippen LogP contribution is 2.57. The van der Waals surface area contributed by atoms with Gasteiger partial charge in [0.2, 0.25) is 0 Å². The van der Waals surface area contributed by atoms with Gasteiger partial charge in [-0.05, 0) is 116 Å². The first kappa shape index (κ1) is 30.4. The zero-order valence-electron chi connectivity index (χ0n) is 27.3. The van der Waals surface area contributed by atoms with Crippen LogP contribution < -0.4 is 21.2 Å². The van der Waals surface area contributed by atoms with Crippen LogP contribution in [0.2, 0.25) is 0 Å². The summed E-state index contributed by atoms with van der Waals surface area (Å²) in [5.74, 6) is 0.654. The molecule has 0 radical (unpaired) electrons. The molecule has 0 bridgehead atoms. The molecule has 2 unspecified atom stereocenters. The maximum absolute atomic E-state index is 2.61. The van der Waals surface area contributed by atoms with Gasteiger partial charge in [0.15, 0.2) is 0 Å². The molecule has 0 nitrogen and oxygen atoms in total. The van der Waals surface area contributed by atoms with E-state index in [1.54, 1.807) is 21.2 Å². The molecule has 1 saturated carbocycles. The summed E-state index contributed by atoms with van der Waals surface area (Å²) in [6, 6.07) is 47.0. The molecule has 0 saturated heterocycles. The van der Waals surface area contributed by atoms with Crippen molar-refractivity contribution in [2.75, 3.05) is 0 Å². The van der Waals surface area contributed by atoms with Gasteiger partial charge in [-0.25, -0.2) is 0 Å². The van der Waals surface area contributed by atoms with Crippen molar-refractivity contribution in [1.82, 2.24) is 0 Å². The first-order chi connectivity index (χ1) is 21.9. The molecule has 0 spiro atoms. The van der Waals surface area contributed by atoms with Gasteiger partial charge in [-0.2, -0.15) is 0 Å². The summed E-state index contributed by atoms with van der Waals surface area (Å²) >= 11 is 0. The lowest BCUT2D eigenvalue weighted by Gasteiger charge is -2.38. The van der Waals surface area contributed by atoms with Gasteiger partial charge < -0.3 is 0 Å². The van der Waals surface area contributed by atoms with E-state index in [1.165, 1.54) is 63.1 Å². The predicted octanol–water partition coefficient (Wildman–Crippen LogP) is 10.3. The fourth-order valence-electron chi connectivity index (χ4n) is 8.17. The van der Waals surface area contributed by atoms with Crippen LogP contribution in [0.15, 0.2) is 121 Å². The van der Waals surface area contributed by atoms with E-state index in [2.05, 4.69) is 156 Å². The van der Waals surface area contributed by atoms with Crippen molar-refractivity contribution < 1.29 is 0 Å². The normalized spacial score (nSPS) is 17.5. The molecular formula is C43H44P2.